The Morgan fingerprint density at radius 3 is 2.67 bits per heavy atom. The van der Waals surface area contributed by atoms with Gasteiger partial charge in [-0.3, -0.25) is 29.1 Å². The van der Waals surface area contributed by atoms with Gasteiger partial charge in [0, 0.05) is 18.2 Å². The SMILES string of the molecule is CCC(=O)Nc1cccc(-n2c(N)c3c(cc2=O)C(=O)NC3=O)c1. The highest BCUT2D eigenvalue weighted by atomic mass is 16.2. The lowest BCUT2D eigenvalue weighted by Crippen LogP contribution is -2.24. The van der Waals surface area contributed by atoms with Crippen LogP contribution >= 0.6 is 0 Å². The predicted molar refractivity (Wildman–Crippen MR) is 87.2 cm³/mol. The fraction of sp³-hybridized carbons (Fsp3) is 0.125. The Balaban J connectivity index is 2.15. The van der Waals surface area contributed by atoms with Gasteiger partial charge in [0.1, 0.15) is 5.82 Å². The van der Waals surface area contributed by atoms with Crippen LogP contribution in [0.2, 0.25) is 0 Å². The van der Waals surface area contributed by atoms with Gasteiger partial charge in [-0.1, -0.05) is 13.0 Å². The van der Waals surface area contributed by atoms with Gasteiger partial charge >= 0.3 is 0 Å². The van der Waals surface area contributed by atoms with E-state index < -0.39 is 17.4 Å². The van der Waals surface area contributed by atoms with Crippen LogP contribution in [0.1, 0.15) is 34.1 Å². The van der Waals surface area contributed by atoms with Gasteiger partial charge in [0.15, 0.2) is 0 Å². The second kappa shape index (κ2) is 5.65. The van der Waals surface area contributed by atoms with Crippen molar-refractivity contribution < 1.29 is 14.4 Å². The number of aromatic nitrogens is 1. The highest BCUT2D eigenvalue weighted by Crippen LogP contribution is 2.23. The molecule has 0 bridgehead atoms. The molecule has 24 heavy (non-hydrogen) atoms. The number of imide groups is 1. The number of nitrogens with one attached hydrogen (secondary N) is 2. The number of nitrogens with two attached hydrogens (primary N) is 1. The number of hydrogen-bond acceptors (Lipinski definition) is 5. The largest absolute Gasteiger partial charge is 0.384 e. The first kappa shape index (κ1) is 15.5. The summed E-state index contributed by atoms with van der Waals surface area (Å²) in [4.78, 5) is 47.4. The minimum atomic E-state index is -0.644. The first-order valence-electron chi connectivity index (χ1n) is 7.24. The third-order valence-electron chi connectivity index (χ3n) is 3.66. The molecule has 2 aromatic rings. The Morgan fingerprint density at radius 2 is 1.96 bits per heavy atom. The van der Waals surface area contributed by atoms with E-state index in [9.17, 15) is 19.2 Å². The fourth-order valence-electron chi connectivity index (χ4n) is 2.52. The molecule has 122 valence electrons. The van der Waals surface area contributed by atoms with Gasteiger partial charge in [0.05, 0.1) is 16.8 Å². The number of fused-ring (bicyclic) bond motifs is 1. The van der Waals surface area contributed by atoms with E-state index >= 15 is 0 Å². The Labute approximate surface area is 136 Å². The summed E-state index contributed by atoms with van der Waals surface area (Å²) < 4.78 is 1.12. The van der Waals surface area contributed by atoms with Gasteiger partial charge in [0.25, 0.3) is 17.4 Å². The summed E-state index contributed by atoms with van der Waals surface area (Å²) in [6.45, 7) is 1.72. The average Bonchev–Trinajstić information content (AvgIpc) is 2.82. The van der Waals surface area contributed by atoms with Crippen molar-refractivity contribution in [3.8, 4) is 5.69 Å². The van der Waals surface area contributed by atoms with Crippen molar-refractivity contribution in [2.75, 3.05) is 11.1 Å². The predicted octanol–water partition coefficient (Wildman–Crippen LogP) is 0.652. The van der Waals surface area contributed by atoms with E-state index in [1.165, 1.54) is 0 Å². The number of rotatable bonds is 3. The zero-order valence-electron chi connectivity index (χ0n) is 12.8. The first-order valence-corrected chi connectivity index (χ1v) is 7.24. The molecule has 4 N–H and O–H groups in total. The van der Waals surface area contributed by atoms with Crippen LogP contribution in [0.25, 0.3) is 5.69 Å². The van der Waals surface area contributed by atoms with E-state index in [0.717, 1.165) is 10.6 Å². The molecule has 3 amide bonds. The fourth-order valence-corrected chi connectivity index (χ4v) is 2.52. The molecule has 1 aliphatic rings. The van der Waals surface area contributed by atoms with Gasteiger partial charge in [-0.25, -0.2) is 0 Å². The molecule has 0 spiro atoms. The molecule has 0 fully saturated rings. The lowest BCUT2D eigenvalue weighted by Gasteiger charge is -2.13. The van der Waals surface area contributed by atoms with Crippen molar-refractivity contribution >= 4 is 29.2 Å². The van der Waals surface area contributed by atoms with E-state index in [4.69, 9.17) is 5.73 Å². The number of carbonyl (C=O) groups is 3. The Kier molecular flexibility index (Phi) is 3.64. The number of pyridine rings is 1. The molecule has 0 saturated carbocycles. The number of carbonyl (C=O) groups excluding carboxylic acids is 3. The molecule has 1 aromatic heterocycles. The van der Waals surface area contributed by atoms with Crippen LogP contribution in [0.3, 0.4) is 0 Å². The first-order chi connectivity index (χ1) is 11.4. The summed E-state index contributed by atoms with van der Waals surface area (Å²) >= 11 is 0. The number of benzene rings is 1. The molecule has 8 heteroatoms. The van der Waals surface area contributed by atoms with Crippen LogP contribution in [0.4, 0.5) is 11.5 Å². The maximum Gasteiger partial charge on any atom is 0.262 e. The second-order valence-corrected chi connectivity index (χ2v) is 5.23. The van der Waals surface area contributed by atoms with Crippen molar-refractivity contribution in [2.24, 2.45) is 0 Å². The van der Waals surface area contributed by atoms with Crippen molar-refractivity contribution in [3.05, 3.63) is 51.8 Å². The molecule has 0 radical (unpaired) electrons. The number of hydrogen-bond donors (Lipinski definition) is 3. The summed E-state index contributed by atoms with van der Waals surface area (Å²) in [6.07, 6.45) is 0.313. The summed E-state index contributed by atoms with van der Waals surface area (Å²) in [5.74, 6) is -1.59. The standard InChI is InChI=1S/C16H14N4O4/c1-2-11(21)18-8-4-3-5-9(6-8)20-12(22)7-10-13(14(20)17)16(24)19-15(10)23/h3-7H,2,17H2,1H3,(H,18,21)(H,19,23,24). The van der Waals surface area contributed by atoms with Crippen molar-refractivity contribution in [1.82, 2.24) is 9.88 Å². The van der Waals surface area contributed by atoms with E-state index in [2.05, 4.69) is 10.6 Å². The normalized spacial score (nSPS) is 12.7. The van der Waals surface area contributed by atoms with Crippen molar-refractivity contribution in [2.45, 2.75) is 13.3 Å². The van der Waals surface area contributed by atoms with Crippen molar-refractivity contribution in [1.29, 1.82) is 0 Å². The van der Waals surface area contributed by atoms with Crippen LogP contribution in [-0.4, -0.2) is 22.3 Å². The van der Waals surface area contributed by atoms with E-state index in [0.29, 0.717) is 17.8 Å². The summed E-state index contributed by atoms with van der Waals surface area (Å²) in [5, 5.41) is 4.79. The Morgan fingerprint density at radius 1 is 1.21 bits per heavy atom. The summed E-state index contributed by atoms with van der Waals surface area (Å²) in [7, 11) is 0. The molecular weight excluding hydrogens is 312 g/mol. The molecule has 1 aromatic carbocycles. The zero-order valence-corrected chi connectivity index (χ0v) is 12.8. The van der Waals surface area contributed by atoms with Gasteiger partial charge < -0.3 is 11.1 Å². The van der Waals surface area contributed by atoms with Crippen LogP contribution in [0.5, 0.6) is 0 Å². The van der Waals surface area contributed by atoms with Gasteiger partial charge in [0.2, 0.25) is 5.91 Å². The second-order valence-electron chi connectivity index (χ2n) is 5.23. The highest BCUT2D eigenvalue weighted by molar-refractivity contribution is 6.23. The monoisotopic (exact) mass is 326 g/mol. The van der Waals surface area contributed by atoms with Crippen LogP contribution in [-0.2, 0) is 4.79 Å². The quantitative estimate of drug-likeness (QED) is 0.715. The molecule has 0 aliphatic carbocycles. The zero-order chi connectivity index (χ0) is 17.4. The van der Waals surface area contributed by atoms with Crippen LogP contribution in [0.15, 0.2) is 35.1 Å². The van der Waals surface area contributed by atoms with E-state index in [1.54, 1.807) is 31.2 Å². The van der Waals surface area contributed by atoms with Gasteiger partial charge in [-0.15, -0.1) is 0 Å². The molecular formula is C16H14N4O4. The number of nitrogens with zero attached hydrogens (tertiary/aromatic N) is 1. The summed E-state index contributed by atoms with van der Waals surface area (Å²) in [6, 6.07) is 7.56. The lowest BCUT2D eigenvalue weighted by molar-refractivity contribution is -0.115. The molecule has 0 unspecified atom stereocenters. The molecule has 0 saturated heterocycles. The van der Waals surface area contributed by atoms with E-state index in [-0.39, 0.29) is 22.9 Å². The maximum atomic E-state index is 12.3. The molecule has 2 heterocycles. The van der Waals surface area contributed by atoms with Crippen LogP contribution in [0, 0.1) is 0 Å². The molecule has 1 aliphatic heterocycles. The molecule has 3 rings (SSSR count). The van der Waals surface area contributed by atoms with Gasteiger partial charge in [-0.2, -0.15) is 0 Å². The molecule has 0 atom stereocenters. The highest BCUT2D eigenvalue weighted by Gasteiger charge is 2.31. The van der Waals surface area contributed by atoms with E-state index in [1.807, 2.05) is 0 Å². The third-order valence-corrected chi connectivity index (χ3v) is 3.66. The third kappa shape index (κ3) is 2.43. The lowest BCUT2D eigenvalue weighted by atomic mass is 10.1. The maximum absolute atomic E-state index is 12.3. The minimum absolute atomic E-state index is 0.0254. The van der Waals surface area contributed by atoms with Crippen LogP contribution < -0.4 is 21.9 Å². The average molecular weight is 326 g/mol. The molecule has 8 nitrogen and oxygen atoms in total. The number of anilines is 2. The Hall–Kier alpha value is -3.42. The Bertz CT molecular complexity index is 946. The van der Waals surface area contributed by atoms with Gasteiger partial charge in [-0.05, 0) is 18.2 Å². The topological polar surface area (TPSA) is 123 Å². The number of nitrogen functional groups attached to an aromatic ring is 1. The smallest absolute Gasteiger partial charge is 0.262 e. The number of amides is 3. The summed E-state index contributed by atoms with van der Waals surface area (Å²) in [5.41, 5.74) is 6.22. The minimum Gasteiger partial charge on any atom is -0.384 e. The van der Waals surface area contributed by atoms with Crippen molar-refractivity contribution in [3.63, 3.8) is 0 Å².